The van der Waals surface area contributed by atoms with E-state index in [4.69, 9.17) is 6.57 Å². The topological polar surface area (TPSA) is 45.5 Å². The minimum absolute atomic E-state index is 0.137. The molecule has 2 amide bonds. The van der Waals surface area contributed by atoms with Crippen LogP contribution in [0.1, 0.15) is 31.2 Å². The Hall–Kier alpha value is -2.32. The molecule has 0 unspecified atom stereocenters. The molecule has 0 aliphatic rings. The predicted molar refractivity (Wildman–Crippen MR) is 97.6 cm³/mol. The molecule has 4 nitrogen and oxygen atoms in total. The third-order valence-corrected chi connectivity index (χ3v) is 4.47. The Labute approximate surface area is 141 Å². The summed E-state index contributed by atoms with van der Waals surface area (Å²) in [6.45, 7) is 15.8. The number of carbonyl (C=O) groups is 1. The van der Waals surface area contributed by atoms with Gasteiger partial charge in [-0.3, -0.25) is 0 Å². The van der Waals surface area contributed by atoms with Crippen molar-refractivity contribution in [3.8, 4) is 0 Å². The van der Waals surface area contributed by atoms with Gasteiger partial charge in [-0.25, -0.2) is 9.64 Å². The van der Waals surface area contributed by atoms with Gasteiger partial charge >= 0.3 is 6.03 Å². The summed E-state index contributed by atoms with van der Waals surface area (Å²) in [7, 11) is 0. The van der Waals surface area contributed by atoms with Crippen molar-refractivity contribution in [2.24, 2.45) is 5.41 Å². The summed E-state index contributed by atoms with van der Waals surface area (Å²) in [5.74, 6) is 0. The molecule has 2 aromatic rings. The molecule has 0 aliphatic heterocycles. The van der Waals surface area contributed by atoms with Crippen molar-refractivity contribution in [3.63, 3.8) is 0 Å². The number of rotatable bonds is 3. The molecule has 0 saturated carbocycles. The van der Waals surface area contributed by atoms with Crippen LogP contribution < -0.4 is 10.6 Å². The van der Waals surface area contributed by atoms with E-state index in [1.54, 1.807) is 0 Å². The highest BCUT2D eigenvalue weighted by Gasteiger charge is 2.21. The Morgan fingerprint density at radius 1 is 1.22 bits per heavy atom. The number of thiophene rings is 1. The van der Waals surface area contributed by atoms with E-state index in [9.17, 15) is 4.79 Å². The van der Waals surface area contributed by atoms with Crippen LogP contribution in [-0.2, 0) is 6.42 Å². The Kier molecular flexibility index (Phi) is 5.07. The fourth-order valence-electron chi connectivity index (χ4n) is 2.21. The zero-order valence-corrected chi connectivity index (χ0v) is 14.7. The summed E-state index contributed by atoms with van der Waals surface area (Å²) in [5.41, 5.74) is 2.36. The van der Waals surface area contributed by atoms with E-state index >= 15 is 0 Å². The fraction of sp³-hybridized carbons (Fsp3) is 0.333. The summed E-state index contributed by atoms with van der Waals surface area (Å²) in [6, 6.07) is 8.92. The van der Waals surface area contributed by atoms with Gasteiger partial charge in [-0.15, -0.1) is 11.3 Å². The van der Waals surface area contributed by atoms with Crippen LogP contribution in [0.25, 0.3) is 4.85 Å². The lowest BCUT2D eigenvalue weighted by Gasteiger charge is -2.17. The maximum absolute atomic E-state index is 12.1. The molecule has 23 heavy (non-hydrogen) atoms. The van der Waals surface area contributed by atoms with Gasteiger partial charge in [-0.1, -0.05) is 39.0 Å². The number of nitrogens with one attached hydrogen (secondary N) is 2. The monoisotopic (exact) mass is 327 g/mol. The van der Waals surface area contributed by atoms with Crippen LogP contribution in [-0.4, -0.2) is 6.03 Å². The molecule has 5 heteroatoms. The molecule has 1 heterocycles. The Morgan fingerprint density at radius 3 is 2.43 bits per heavy atom. The minimum atomic E-state index is -0.329. The molecule has 0 saturated heterocycles. The summed E-state index contributed by atoms with van der Waals surface area (Å²) in [4.78, 5) is 16.9. The highest BCUT2D eigenvalue weighted by atomic mass is 32.1. The van der Waals surface area contributed by atoms with Gasteiger partial charge < -0.3 is 10.6 Å². The van der Waals surface area contributed by atoms with Crippen LogP contribution in [0, 0.1) is 18.9 Å². The fourth-order valence-corrected chi connectivity index (χ4v) is 3.65. The zero-order valence-electron chi connectivity index (χ0n) is 13.9. The summed E-state index contributed by atoms with van der Waals surface area (Å²) in [5, 5.41) is 6.20. The molecule has 2 N–H and O–H groups in total. The molecule has 0 bridgehead atoms. The third-order valence-electron chi connectivity index (χ3n) is 3.28. The van der Waals surface area contributed by atoms with Gasteiger partial charge in [0.2, 0.25) is 5.69 Å². The first kappa shape index (κ1) is 17.0. The molecule has 0 atom stereocenters. The van der Waals surface area contributed by atoms with Crippen LogP contribution in [0.2, 0.25) is 0 Å². The molecule has 0 radical (unpaired) electrons. The number of nitrogens with zero attached hydrogens (tertiary/aromatic N) is 1. The van der Waals surface area contributed by atoms with Gasteiger partial charge in [0.15, 0.2) is 0 Å². The van der Waals surface area contributed by atoms with E-state index in [1.165, 1.54) is 11.3 Å². The molecule has 2 rings (SSSR count). The van der Waals surface area contributed by atoms with Crippen LogP contribution in [0.4, 0.5) is 21.2 Å². The number of benzene rings is 1. The second kappa shape index (κ2) is 6.84. The van der Waals surface area contributed by atoms with Crippen molar-refractivity contribution >= 4 is 33.7 Å². The van der Waals surface area contributed by atoms with Gasteiger partial charge in [0.05, 0.1) is 6.57 Å². The Morgan fingerprint density at radius 2 is 1.87 bits per heavy atom. The average Bonchev–Trinajstić information content (AvgIpc) is 2.73. The number of anilines is 2. The SMILES string of the molecule is [C-]#[N+]c1c(NC(=O)Nc2ccccc2)sc(CC(C)(C)C)c1C. The van der Waals surface area contributed by atoms with Crippen LogP contribution in [0.5, 0.6) is 0 Å². The molecule has 0 aliphatic carbocycles. The zero-order chi connectivity index (χ0) is 17.0. The minimum Gasteiger partial charge on any atom is -0.308 e. The van der Waals surface area contributed by atoms with Crippen LogP contribution >= 0.6 is 11.3 Å². The molecule has 0 spiro atoms. The summed E-state index contributed by atoms with van der Waals surface area (Å²) >= 11 is 1.49. The van der Waals surface area contributed by atoms with Gasteiger partial charge in [-0.2, -0.15) is 0 Å². The van der Waals surface area contributed by atoms with Crippen molar-refractivity contribution in [1.29, 1.82) is 0 Å². The molecule has 0 fully saturated rings. The average molecular weight is 327 g/mol. The quantitative estimate of drug-likeness (QED) is 0.683. The molecular weight excluding hydrogens is 306 g/mol. The standard InChI is InChI=1S/C18H21N3OS/c1-12-14(11-18(2,3)4)23-16(15(12)19-5)21-17(22)20-13-9-7-6-8-10-13/h6-10H,11H2,1-4H3,(H2,20,21,22). The van der Waals surface area contributed by atoms with E-state index in [2.05, 4.69) is 36.2 Å². The highest BCUT2D eigenvalue weighted by molar-refractivity contribution is 7.17. The number of carbonyl (C=O) groups excluding carboxylic acids is 1. The second-order valence-electron chi connectivity index (χ2n) is 6.62. The highest BCUT2D eigenvalue weighted by Crippen LogP contribution is 2.42. The van der Waals surface area contributed by atoms with Crippen molar-refractivity contribution in [1.82, 2.24) is 0 Å². The predicted octanol–water partition coefficient (Wildman–Crippen LogP) is 5.84. The molecule has 1 aromatic carbocycles. The van der Waals surface area contributed by atoms with Gasteiger partial charge in [-0.05, 0) is 41.3 Å². The second-order valence-corrected chi connectivity index (χ2v) is 7.73. The van der Waals surface area contributed by atoms with Crippen molar-refractivity contribution in [2.45, 2.75) is 34.1 Å². The van der Waals surface area contributed by atoms with E-state index < -0.39 is 0 Å². The first-order valence-corrected chi connectivity index (χ1v) is 8.24. The number of para-hydroxylation sites is 1. The largest absolute Gasteiger partial charge is 0.323 e. The van der Waals surface area contributed by atoms with E-state index in [1.807, 2.05) is 37.3 Å². The Balaban J connectivity index is 2.18. The summed E-state index contributed by atoms with van der Waals surface area (Å²) in [6.07, 6.45) is 0.883. The van der Waals surface area contributed by atoms with Crippen molar-refractivity contribution < 1.29 is 4.79 Å². The molecular formula is C18H21N3OS. The lowest BCUT2D eigenvalue weighted by molar-refractivity contribution is 0.262. The van der Waals surface area contributed by atoms with Crippen molar-refractivity contribution in [2.75, 3.05) is 10.6 Å². The number of urea groups is 1. The molecule has 1 aromatic heterocycles. The number of amides is 2. The van der Waals surface area contributed by atoms with Crippen LogP contribution in [0.15, 0.2) is 30.3 Å². The lowest BCUT2D eigenvalue weighted by atomic mass is 9.90. The molecule has 120 valence electrons. The normalized spacial score (nSPS) is 10.9. The van der Waals surface area contributed by atoms with Gasteiger partial charge in [0.1, 0.15) is 5.00 Å². The first-order valence-electron chi connectivity index (χ1n) is 7.43. The summed E-state index contributed by atoms with van der Waals surface area (Å²) < 4.78 is 0. The van der Waals surface area contributed by atoms with Crippen LogP contribution in [0.3, 0.4) is 0 Å². The number of hydrogen-bond donors (Lipinski definition) is 2. The Bertz CT molecular complexity index is 736. The van der Waals surface area contributed by atoms with E-state index in [-0.39, 0.29) is 11.4 Å². The van der Waals surface area contributed by atoms with Crippen molar-refractivity contribution in [3.05, 3.63) is 52.2 Å². The maximum atomic E-state index is 12.1. The van der Waals surface area contributed by atoms with Gasteiger partial charge in [0.25, 0.3) is 0 Å². The smallest absolute Gasteiger partial charge is 0.308 e. The number of hydrogen-bond acceptors (Lipinski definition) is 2. The van der Waals surface area contributed by atoms with Gasteiger partial charge in [0, 0.05) is 5.69 Å². The first-order chi connectivity index (χ1) is 10.8. The third kappa shape index (κ3) is 4.57. The lowest BCUT2D eigenvalue weighted by Crippen LogP contribution is -2.18. The van der Waals surface area contributed by atoms with E-state index in [0.717, 1.165) is 22.5 Å². The van der Waals surface area contributed by atoms with E-state index in [0.29, 0.717) is 10.7 Å². The maximum Gasteiger partial charge on any atom is 0.323 e.